The molecule has 0 aromatic heterocycles. The first-order chi connectivity index (χ1) is 8.05. The summed E-state index contributed by atoms with van der Waals surface area (Å²) in [5.74, 6) is -1.51. The van der Waals surface area contributed by atoms with Crippen LogP contribution in [0, 0.1) is 5.82 Å². The molecule has 0 spiro atoms. The van der Waals surface area contributed by atoms with Crippen LogP contribution in [0.2, 0.25) is 0 Å². The molecule has 0 amide bonds. The Morgan fingerprint density at radius 3 is 2.53 bits per heavy atom. The van der Waals surface area contributed by atoms with Crippen LogP contribution >= 0.6 is 0 Å². The molecule has 1 aliphatic carbocycles. The molecule has 0 heterocycles. The Bertz CT molecular complexity index is 438. The van der Waals surface area contributed by atoms with Crippen molar-refractivity contribution in [1.82, 2.24) is 0 Å². The number of hydrogen-bond donors (Lipinski definition) is 3. The third-order valence-electron chi connectivity index (χ3n) is 3.63. The number of rotatable bonds is 3. The zero-order valence-electron chi connectivity index (χ0n) is 9.66. The molecule has 0 saturated heterocycles. The van der Waals surface area contributed by atoms with Crippen LogP contribution in [0.4, 0.5) is 4.39 Å². The van der Waals surface area contributed by atoms with E-state index in [1.165, 1.54) is 7.11 Å². The van der Waals surface area contributed by atoms with E-state index in [9.17, 15) is 14.6 Å². The van der Waals surface area contributed by atoms with E-state index in [4.69, 9.17) is 10.5 Å². The van der Waals surface area contributed by atoms with Crippen molar-refractivity contribution in [2.45, 2.75) is 24.7 Å². The largest absolute Gasteiger partial charge is 0.504 e. The van der Waals surface area contributed by atoms with Gasteiger partial charge in [-0.3, -0.25) is 0 Å². The number of nitrogens with two attached hydrogens (primary N) is 1. The topological polar surface area (TPSA) is 75.7 Å². The highest BCUT2D eigenvalue weighted by Crippen LogP contribution is 2.51. The van der Waals surface area contributed by atoms with Gasteiger partial charge in [0.15, 0.2) is 23.1 Å². The fraction of sp³-hybridized carbons (Fsp3) is 0.500. The highest BCUT2D eigenvalue weighted by Gasteiger charge is 2.43. The van der Waals surface area contributed by atoms with E-state index in [1.54, 1.807) is 0 Å². The first-order valence-corrected chi connectivity index (χ1v) is 5.54. The maximum atomic E-state index is 14.2. The Morgan fingerprint density at radius 2 is 2.12 bits per heavy atom. The van der Waals surface area contributed by atoms with Gasteiger partial charge in [-0.15, -0.1) is 0 Å². The second kappa shape index (κ2) is 4.07. The van der Waals surface area contributed by atoms with Crippen LogP contribution in [0.15, 0.2) is 6.07 Å². The van der Waals surface area contributed by atoms with E-state index < -0.39 is 17.0 Å². The smallest absolute Gasteiger partial charge is 0.172 e. The fourth-order valence-corrected chi connectivity index (χ4v) is 2.40. The van der Waals surface area contributed by atoms with Crippen LogP contribution in [-0.2, 0) is 5.41 Å². The fourth-order valence-electron chi connectivity index (χ4n) is 2.40. The van der Waals surface area contributed by atoms with Crippen molar-refractivity contribution < 1.29 is 19.3 Å². The Kier molecular flexibility index (Phi) is 2.87. The van der Waals surface area contributed by atoms with Gasteiger partial charge in [-0.2, -0.15) is 0 Å². The quantitative estimate of drug-likeness (QED) is 0.703. The van der Waals surface area contributed by atoms with E-state index in [0.29, 0.717) is 12.8 Å². The van der Waals surface area contributed by atoms with Crippen molar-refractivity contribution in [3.63, 3.8) is 0 Å². The lowest BCUT2D eigenvalue weighted by atomic mass is 9.64. The summed E-state index contributed by atoms with van der Waals surface area (Å²) in [6.45, 7) is 0.240. The summed E-state index contributed by atoms with van der Waals surface area (Å²) >= 11 is 0. The summed E-state index contributed by atoms with van der Waals surface area (Å²) in [5.41, 5.74) is 5.20. The lowest BCUT2D eigenvalue weighted by molar-refractivity contribution is 0.230. The lowest BCUT2D eigenvalue weighted by Crippen LogP contribution is -2.42. The third kappa shape index (κ3) is 1.61. The minimum absolute atomic E-state index is 0.0741. The van der Waals surface area contributed by atoms with Gasteiger partial charge in [-0.05, 0) is 12.8 Å². The van der Waals surface area contributed by atoms with Gasteiger partial charge in [0.1, 0.15) is 0 Å². The molecular weight excluding hydrogens is 225 g/mol. The van der Waals surface area contributed by atoms with E-state index in [-0.39, 0.29) is 23.6 Å². The molecule has 1 aliphatic rings. The van der Waals surface area contributed by atoms with Crippen molar-refractivity contribution in [3.8, 4) is 17.2 Å². The summed E-state index contributed by atoms with van der Waals surface area (Å²) < 4.78 is 19.0. The van der Waals surface area contributed by atoms with Crippen molar-refractivity contribution in [2.75, 3.05) is 13.7 Å². The van der Waals surface area contributed by atoms with Crippen LogP contribution < -0.4 is 10.5 Å². The van der Waals surface area contributed by atoms with Gasteiger partial charge in [-0.1, -0.05) is 6.42 Å². The van der Waals surface area contributed by atoms with E-state index in [1.807, 2.05) is 0 Å². The molecule has 1 fully saturated rings. The number of hydrogen-bond acceptors (Lipinski definition) is 4. The minimum Gasteiger partial charge on any atom is -0.504 e. The zero-order valence-corrected chi connectivity index (χ0v) is 9.66. The number of aromatic hydroxyl groups is 2. The van der Waals surface area contributed by atoms with E-state index in [0.717, 1.165) is 12.5 Å². The first kappa shape index (κ1) is 12.0. The highest BCUT2D eigenvalue weighted by atomic mass is 19.1. The Balaban J connectivity index is 2.63. The predicted octanol–water partition coefficient (Wildman–Crippen LogP) is 1.63. The Hall–Kier alpha value is -1.49. The predicted molar refractivity (Wildman–Crippen MR) is 60.9 cm³/mol. The molecular formula is C12H16FNO3. The number of halogens is 1. The normalized spacial score (nSPS) is 17.6. The summed E-state index contributed by atoms with van der Waals surface area (Å²) in [6.07, 6.45) is 2.36. The van der Waals surface area contributed by atoms with Crippen LogP contribution in [0.1, 0.15) is 24.8 Å². The van der Waals surface area contributed by atoms with Crippen molar-refractivity contribution >= 4 is 0 Å². The number of ether oxygens (including phenoxy) is 1. The molecule has 0 bridgehead atoms. The van der Waals surface area contributed by atoms with Gasteiger partial charge >= 0.3 is 0 Å². The third-order valence-corrected chi connectivity index (χ3v) is 3.63. The lowest BCUT2D eigenvalue weighted by Gasteiger charge is -2.42. The van der Waals surface area contributed by atoms with Gasteiger partial charge in [0.25, 0.3) is 0 Å². The van der Waals surface area contributed by atoms with Crippen molar-refractivity contribution in [1.29, 1.82) is 0 Å². The van der Waals surface area contributed by atoms with Gasteiger partial charge in [0.05, 0.1) is 7.11 Å². The average molecular weight is 241 g/mol. The molecule has 0 aliphatic heterocycles. The van der Waals surface area contributed by atoms with Gasteiger partial charge < -0.3 is 20.7 Å². The van der Waals surface area contributed by atoms with Gasteiger partial charge in [0.2, 0.25) is 0 Å². The van der Waals surface area contributed by atoms with Crippen molar-refractivity contribution in [3.05, 3.63) is 17.4 Å². The maximum Gasteiger partial charge on any atom is 0.172 e. The molecule has 17 heavy (non-hydrogen) atoms. The second-order valence-electron chi connectivity index (χ2n) is 4.47. The zero-order chi connectivity index (χ0) is 12.6. The van der Waals surface area contributed by atoms with E-state index >= 15 is 0 Å². The monoisotopic (exact) mass is 241 g/mol. The second-order valence-corrected chi connectivity index (χ2v) is 4.47. The molecule has 4 N–H and O–H groups in total. The standard InChI is InChI=1S/C12H16FNO3/c1-17-8-5-7(15)11(16)9(10(8)13)12(6-14)3-2-4-12/h5,15-16H,2-4,6,14H2,1H3. The molecule has 1 aromatic carbocycles. The van der Waals surface area contributed by atoms with Crippen LogP contribution in [-0.4, -0.2) is 23.9 Å². The summed E-state index contributed by atoms with van der Waals surface area (Å²) in [4.78, 5) is 0. The van der Waals surface area contributed by atoms with Gasteiger partial charge in [0, 0.05) is 23.6 Å². The average Bonchev–Trinajstić information content (AvgIpc) is 2.27. The molecule has 1 saturated carbocycles. The highest BCUT2D eigenvalue weighted by molar-refractivity contribution is 5.55. The summed E-state index contributed by atoms with van der Waals surface area (Å²) in [5, 5.41) is 19.4. The SMILES string of the molecule is COc1cc(O)c(O)c(C2(CN)CCC2)c1F. The molecule has 0 unspecified atom stereocenters. The molecule has 0 radical (unpaired) electrons. The summed E-state index contributed by atoms with van der Waals surface area (Å²) in [7, 11) is 1.31. The molecule has 0 atom stereocenters. The van der Waals surface area contributed by atoms with Crippen molar-refractivity contribution in [2.24, 2.45) is 5.73 Å². The molecule has 1 aromatic rings. The van der Waals surface area contributed by atoms with Gasteiger partial charge in [-0.25, -0.2) is 4.39 Å². The van der Waals surface area contributed by atoms with E-state index in [2.05, 4.69) is 0 Å². The Morgan fingerprint density at radius 1 is 1.47 bits per heavy atom. The number of benzene rings is 1. The maximum absolute atomic E-state index is 14.2. The number of methoxy groups -OCH3 is 1. The van der Waals surface area contributed by atoms with Crippen LogP contribution in [0.3, 0.4) is 0 Å². The number of phenols is 2. The molecule has 4 nitrogen and oxygen atoms in total. The molecule has 94 valence electrons. The molecule has 5 heteroatoms. The minimum atomic E-state index is -0.632. The van der Waals surface area contributed by atoms with Crippen LogP contribution in [0.5, 0.6) is 17.2 Å². The Labute approximate surface area is 98.8 Å². The molecule has 2 rings (SSSR count). The van der Waals surface area contributed by atoms with Crippen LogP contribution in [0.25, 0.3) is 0 Å². The number of phenolic OH excluding ortho intramolecular Hbond substituents is 2. The first-order valence-electron chi connectivity index (χ1n) is 5.54. The summed E-state index contributed by atoms with van der Waals surface area (Å²) in [6, 6.07) is 1.07.